The zero-order chi connectivity index (χ0) is 31.6. The van der Waals surface area contributed by atoms with Crippen LogP contribution in [0.25, 0.3) is 0 Å². The van der Waals surface area contributed by atoms with Gasteiger partial charge in [0.1, 0.15) is 11.5 Å². The van der Waals surface area contributed by atoms with Crippen LogP contribution in [0.2, 0.25) is 0 Å². The Morgan fingerprint density at radius 2 is 0.825 bits per heavy atom. The Hall–Kier alpha value is -2.37. The van der Waals surface area contributed by atoms with Crippen molar-refractivity contribution in [3.8, 4) is 11.5 Å². The summed E-state index contributed by atoms with van der Waals surface area (Å²) in [6, 6.07) is 4.36. The van der Waals surface area contributed by atoms with Crippen molar-refractivity contribution < 1.29 is 84.1 Å². The summed E-state index contributed by atoms with van der Waals surface area (Å²) in [5.74, 6) is -56.6. The largest absolute Gasteiger partial charge is 0.494 e. The molecule has 19 heteroatoms. The third-order valence-corrected chi connectivity index (χ3v) is 5.31. The summed E-state index contributed by atoms with van der Waals surface area (Å²) in [6.07, 6.45) is -8.09. The Kier molecular flexibility index (Phi) is 10.2. The minimum atomic E-state index is -8.64. The lowest BCUT2D eigenvalue weighted by Gasteiger charge is -2.42. The van der Waals surface area contributed by atoms with Gasteiger partial charge >= 0.3 is 47.6 Å². The molecule has 1 aromatic rings. The molecule has 234 valence electrons. The number of benzene rings is 1. The van der Waals surface area contributed by atoms with Crippen LogP contribution >= 0.6 is 0 Å². The van der Waals surface area contributed by atoms with Gasteiger partial charge in [-0.3, -0.25) is 0 Å². The number of ether oxygens (including phenoxy) is 2. The summed E-state index contributed by atoms with van der Waals surface area (Å²) in [5, 5.41) is 0. The number of rotatable bonds is 15. The van der Waals surface area contributed by atoms with Gasteiger partial charge in [-0.15, -0.1) is 0 Å². The van der Waals surface area contributed by atoms with Crippen molar-refractivity contribution in [3.05, 3.63) is 24.3 Å². The molecule has 0 aliphatic heterocycles. The van der Waals surface area contributed by atoms with Gasteiger partial charge in [0.15, 0.2) is 0 Å². The molecule has 1 rings (SSSR count). The predicted molar refractivity (Wildman–Crippen MR) is 102 cm³/mol. The molecule has 0 saturated heterocycles. The van der Waals surface area contributed by atoms with Gasteiger partial charge < -0.3 is 9.47 Å². The number of unbranched alkanes of at least 4 members (excludes halogenated alkanes) is 2. The average molecular weight is 626 g/mol. The first-order valence-electron chi connectivity index (χ1n) is 10.8. The Bertz CT molecular complexity index is 955. The van der Waals surface area contributed by atoms with E-state index < -0.39 is 66.4 Å². The first-order valence-corrected chi connectivity index (χ1v) is 10.8. The van der Waals surface area contributed by atoms with Crippen LogP contribution in [0.1, 0.15) is 32.6 Å². The Morgan fingerprint density at radius 3 is 1.20 bits per heavy atom. The number of hydrogen-bond acceptors (Lipinski definition) is 2. The van der Waals surface area contributed by atoms with E-state index in [1.54, 1.807) is 0 Å². The Balaban J connectivity index is 3.12. The lowest BCUT2D eigenvalue weighted by Crippen LogP contribution is -2.74. The molecule has 0 aromatic heterocycles. The molecule has 0 atom stereocenters. The predicted octanol–water partition coefficient (Wildman–Crippen LogP) is 9.03. The fraction of sp³-hybridized carbons (Fsp3) is 0.714. The van der Waals surface area contributed by atoms with Crippen LogP contribution in [-0.4, -0.2) is 60.8 Å². The van der Waals surface area contributed by atoms with Crippen LogP contribution < -0.4 is 9.47 Å². The fourth-order valence-electron chi connectivity index (χ4n) is 2.82. The molecule has 0 aliphatic rings. The third-order valence-electron chi connectivity index (χ3n) is 5.31. The normalized spacial score (nSPS) is 14.8. The molecule has 0 heterocycles. The van der Waals surface area contributed by atoms with Gasteiger partial charge in [-0.2, -0.15) is 74.6 Å². The molecule has 0 aliphatic carbocycles. The van der Waals surface area contributed by atoms with Gasteiger partial charge in [0.25, 0.3) is 0 Å². The highest BCUT2D eigenvalue weighted by Crippen LogP contribution is 2.64. The van der Waals surface area contributed by atoms with E-state index in [0.717, 1.165) is 25.0 Å². The summed E-state index contributed by atoms with van der Waals surface area (Å²) in [4.78, 5) is 0. The van der Waals surface area contributed by atoms with Crippen molar-refractivity contribution >= 4 is 0 Å². The second-order valence-electron chi connectivity index (χ2n) is 8.27. The molecule has 40 heavy (non-hydrogen) atoms. The van der Waals surface area contributed by atoms with Crippen molar-refractivity contribution in [2.75, 3.05) is 13.2 Å². The summed E-state index contributed by atoms with van der Waals surface area (Å²) in [7, 11) is 0. The van der Waals surface area contributed by atoms with E-state index in [1.807, 2.05) is 6.92 Å². The van der Waals surface area contributed by atoms with Gasteiger partial charge in [0.2, 0.25) is 0 Å². The van der Waals surface area contributed by atoms with Gasteiger partial charge in [-0.05, 0) is 30.7 Å². The molecule has 1 aromatic carbocycles. The van der Waals surface area contributed by atoms with Gasteiger partial charge in [-0.25, -0.2) is 0 Å². The molecule has 0 fully saturated rings. The highest BCUT2D eigenvalue weighted by molar-refractivity contribution is 5.31. The first-order chi connectivity index (χ1) is 17.8. The molecule has 0 N–H and O–H groups in total. The Labute approximate surface area is 214 Å². The van der Waals surface area contributed by atoms with Crippen LogP contribution in [0, 0.1) is 0 Å². The van der Waals surface area contributed by atoms with E-state index in [2.05, 4.69) is 4.74 Å². The van der Waals surface area contributed by atoms with Gasteiger partial charge in [0.05, 0.1) is 19.6 Å². The zero-order valence-electron chi connectivity index (χ0n) is 19.8. The molecule has 0 saturated carbocycles. The standard InChI is InChI=1S/C21H19F17O2/c1-2-3-4-10-39-12-5-7-13(8-6-12)40-11-9-14(22,23)15(24,25)16(26,27)17(28,29)18(30,31)19(32,33)20(34,35)21(36,37)38/h5-8H,2-4,9-11H2,1H3. The fourth-order valence-corrected chi connectivity index (χ4v) is 2.82. The second-order valence-corrected chi connectivity index (χ2v) is 8.27. The van der Waals surface area contributed by atoms with E-state index in [1.165, 1.54) is 12.1 Å². The van der Waals surface area contributed by atoms with Gasteiger partial charge in [0, 0.05) is 0 Å². The first kappa shape index (κ1) is 35.7. The lowest BCUT2D eigenvalue weighted by molar-refractivity contribution is -0.461. The average Bonchev–Trinajstić information content (AvgIpc) is 2.81. The smallest absolute Gasteiger partial charge is 0.460 e. The highest BCUT2D eigenvalue weighted by atomic mass is 19.4. The van der Waals surface area contributed by atoms with Crippen molar-refractivity contribution in [2.24, 2.45) is 0 Å². The molecule has 0 spiro atoms. The molecule has 0 amide bonds. The maximum absolute atomic E-state index is 13.9. The molecular weight excluding hydrogens is 607 g/mol. The number of hydrogen-bond donors (Lipinski definition) is 0. The summed E-state index contributed by atoms with van der Waals surface area (Å²) >= 11 is 0. The van der Waals surface area contributed by atoms with Gasteiger partial charge in [-0.1, -0.05) is 19.8 Å². The van der Waals surface area contributed by atoms with Crippen molar-refractivity contribution in [1.82, 2.24) is 0 Å². The third kappa shape index (κ3) is 6.11. The quantitative estimate of drug-likeness (QED) is 0.143. The molecule has 2 nitrogen and oxygen atoms in total. The molecule has 0 unspecified atom stereocenters. The number of halogens is 17. The van der Waals surface area contributed by atoms with Crippen molar-refractivity contribution in [3.63, 3.8) is 0 Å². The van der Waals surface area contributed by atoms with Crippen LogP contribution in [0.5, 0.6) is 11.5 Å². The highest BCUT2D eigenvalue weighted by Gasteiger charge is 2.95. The minimum Gasteiger partial charge on any atom is -0.494 e. The summed E-state index contributed by atoms with van der Waals surface area (Å²) < 4.78 is 235. The van der Waals surface area contributed by atoms with Crippen LogP contribution in [0.4, 0.5) is 74.6 Å². The monoisotopic (exact) mass is 626 g/mol. The molecular formula is C21H19F17O2. The van der Waals surface area contributed by atoms with Crippen LogP contribution in [-0.2, 0) is 0 Å². The summed E-state index contributed by atoms with van der Waals surface area (Å²) in [5.41, 5.74) is 0. The lowest BCUT2D eigenvalue weighted by atomic mass is 9.88. The SMILES string of the molecule is CCCCCOc1ccc(OCCC(F)(F)C(F)(F)C(F)(F)C(F)(F)C(F)(F)C(F)(F)C(F)(F)C(F)(F)F)cc1. The van der Waals surface area contributed by atoms with Crippen molar-refractivity contribution in [1.29, 1.82) is 0 Å². The Morgan fingerprint density at radius 1 is 0.475 bits per heavy atom. The maximum Gasteiger partial charge on any atom is 0.460 e. The number of alkyl halides is 17. The second kappa shape index (κ2) is 11.5. The van der Waals surface area contributed by atoms with Crippen LogP contribution in [0.15, 0.2) is 24.3 Å². The van der Waals surface area contributed by atoms with E-state index in [9.17, 15) is 74.6 Å². The van der Waals surface area contributed by atoms with E-state index in [0.29, 0.717) is 6.42 Å². The van der Waals surface area contributed by atoms with Crippen molar-refractivity contribution in [2.45, 2.75) is 80.2 Å². The maximum atomic E-state index is 13.9. The van der Waals surface area contributed by atoms with E-state index in [4.69, 9.17) is 4.74 Å². The minimum absolute atomic E-state index is 0.219. The zero-order valence-corrected chi connectivity index (χ0v) is 19.8. The molecule has 0 radical (unpaired) electrons. The van der Waals surface area contributed by atoms with E-state index >= 15 is 0 Å². The van der Waals surface area contributed by atoms with Crippen LogP contribution in [0.3, 0.4) is 0 Å². The molecule has 0 bridgehead atoms. The van der Waals surface area contributed by atoms with E-state index in [-0.39, 0.29) is 12.4 Å². The topological polar surface area (TPSA) is 18.5 Å². The summed E-state index contributed by atoms with van der Waals surface area (Å²) in [6.45, 7) is 0.471.